The molecule has 0 saturated carbocycles. The molecule has 0 aliphatic carbocycles. The second-order valence-electron chi connectivity index (χ2n) is 7.25. The van der Waals surface area contributed by atoms with Crippen LogP contribution in [0.25, 0.3) is 10.9 Å². The Morgan fingerprint density at radius 2 is 1.84 bits per heavy atom. The minimum Gasteiger partial charge on any atom is -0.367 e. The van der Waals surface area contributed by atoms with Crippen molar-refractivity contribution in [1.29, 1.82) is 5.26 Å². The van der Waals surface area contributed by atoms with E-state index >= 15 is 0 Å². The van der Waals surface area contributed by atoms with Crippen LogP contribution in [0.3, 0.4) is 0 Å². The van der Waals surface area contributed by atoms with Crippen molar-refractivity contribution in [3.05, 3.63) is 69.9 Å². The third-order valence-electron chi connectivity index (χ3n) is 5.41. The number of anilines is 1. The highest BCUT2D eigenvalue weighted by Crippen LogP contribution is 2.32. The Morgan fingerprint density at radius 3 is 2.52 bits per heavy atom. The number of benzene rings is 2. The fraction of sp³-hybridized carbons (Fsp3) is 0.238. The zero-order valence-corrected chi connectivity index (χ0v) is 17.5. The number of nitro benzene ring substituents is 1. The lowest BCUT2D eigenvalue weighted by Crippen LogP contribution is -2.49. The Labute approximate surface area is 179 Å². The van der Waals surface area contributed by atoms with Crippen molar-refractivity contribution < 1.29 is 13.3 Å². The minimum absolute atomic E-state index is 0.0992. The lowest BCUT2D eigenvalue weighted by Gasteiger charge is -2.36. The average molecular weight is 437 g/mol. The lowest BCUT2D eigenvalue weighted by molar-refractivity contribution is -0.385. The number of para-hydroxylation sites is 1. The molecule has 31 heavy (non-hydrogen) atoms. The number of fused-ring (bicyclic) bond motifs is 1. The summed E-state index contributed by atoms with van der Waals surface area (Å²) in [6.45, 7) is 3.12. The van der Waals surface area contributed by atoms with Crippen molar-refractivity contribution in [2.75, 3.05) is 31.1 Å². The largest absolute Gasteiger partial charge is 0.367 e. The molecule has 1 aromatic heterocycles. The molecular weight excluding hydrogens is 418 g/mol. The van der Waals surface area contributed by atoms with E-state index in [1.54, 1.807) is 6.20 Å². The molecule has 2 aromatic carbocycles. The highest BCUT2D eigenvalue weighted by molar-refractivity contribution is 7.89. The van der Waals surface area contributed by atoms with Gasteiger partial charge in [0.1, 0.15) is 6.07 Å². The van der Waals surface area contributed by atoms with Gasteiger partial charge in [-0.25, -0.2) is 8.42 Å². The molecule has 4 rings (SSSR count). The number of aryl methyl sites for hydroxylation is 1. The van der Waals surface area contributed by atoms with E-state index in [-0.39, 0.29) is 23.7 Å². The predicted octanol–water partition coefficient (Wildman–Crippen LogP) is 2.83. The zero-order valence-electron chi connectivity index (χ0n) is 16.7. The molecule has 0 spiro atoms. The van der Waals surface area contributed by atoms with Crippen molar-refractivity contribution in [2.24, 2.45) is 0 Å². The van der Waals surface area contributed by atoms with E-state index in [1.807, 2.05) is 30.0 Å². The van der Waals surface area contributed by atoms with Crippen LogP contribution in [-0.4, -0.2) is 48.8 Å². The molecule has 0 amide bonds. The summed E-state index contributed by atoms with van der Waals surface area (Å²) in [5, 5.41) is 21.5. The van der Waals surface area contributed by atoms with E-state index in [2.05, 4.69) is 11.1 Å². The van der Waals surface area contributed by atoms with Crippen LogP contribution in [0.2, 0.25) is 0 Å². The second kappa shape index (κ2) is 7.94. The molecule has 1 fully saturated rings. The molecule has 3 aromatic rings. The lowest BCUT2D eigenvalue weighted by atomic mass is 10.1. The Kier molecular flexibility index (Phi) is 5.31. The number of piperazine rings is 1. The van der Waals surface area contributed by atoms with E-state index in [1.165, 1.54) is 22.5 Å². The normalized spacial score (nSPS) is 15.0. The molecule has 0 atom stereocenters. The van der Waals surface area contributed by atoms with Crippen LogP contribution < -0.4 is 4.90 Å². The van der Waals surface area contributed by atoms with Gasteiger partial charge < -0.3 is 4.90 Å². The fourth-order valence-corrected chi connectivity index (χ4v) is 5.30. The van der Waals surface area contributed by atoms with Crippen LogP contribution in [0, 0.1) is 28.4 Å². The first-order valence-corrected chi connectivity index (χ1v) is 11.0. The summed E-state index contributed by atoms with van der Waals surface area (Å²) in [7, 11) is -3.86. The molecule has 0 N–H and O–H groups in total. The van der Waals surface area contributed by atoms with Gasteiger partial charge in [0, 0.05) is 49.9 Å². The fourth-order valence-electron chi connectivity index (χ4n) is 3.84. The summed E-state index contributed by atoms with van der Waals surface area (Å²) in [4.78, 5) is 16.7. The maximum absolute atomic E-state index is 13.0. The first-order valence-electron chi connectivity index (χ1n) is 9.61. The third-order valence-corrected chi connectivity index (χ3v) is 7.31. The molecule has 158 valence electrons. The van der Waals surface area contributed by atoms with Gasteiger partial charge in [0.15, 0.2) is 0 Å². The maximum Gasteiger partial charge on any atom is 0.270 e. The number of pyridine rings is 1. The Bertz CT molecular complexity index is 1330. The Balaban J connectivity index is 1.63. The average Bonchev–Trinajstić information content (AvgIpc) is 2.78. The van der Waals surface area contributed by atoms with E-state index < -0.39 is 14.9 Å². The van der Waals surface area contributed by atoms with Gasteiger partial charge in [-0.3, -0.25) is 15.1 Å². The monoisotopic (exact) mass is 437 g/mol. The number of rotatable bonds is 4. The highest BCUT2D eigenvalue weighted by Gasteiger charge is 2.31. The van der Waals surface area contributed by atoms with Gasteiger partial charge in [-0.05, 0) is 18.6 Å². The summed E-state index contributed by atoms with van der Waals surface area (Å²) >= 11 is 0. The molecule has 9 nitrogen and oxygen atoms in total. The second-order valence-corrected chi connectivity index (χ2v) is 9.19. The van der Waals surface area contributed by atoms with Crippen molar-refractivity contribution in [2.45, 2.75) is 11.8 Å². The Hall–Kier alpha value is -3.55. The van der Waals surface area contributed by atoms with Crippen molar-refractivity contribution in [1.82, 2.24) is 9.29 Å². The maximum atomic E-state index is 13.0. The number of nitrogens with zero attached hydrogens (tertiary/aromatic N) is 5. The number of hydrogen-bond donors (Lipinski definition) is 0. The SMILES string of the molecule is Cc1cccc2c(N3CCN(S(=O)(=O)c4cccc([N+](=O)[O-])c4)CC3)c(C#N)cnc12. The topological polar surface area (TPSA) is 120 Å². The molecule has 1 saturated heterocycles. The van der Waals surface area contributed by atoms with E-state index in [0.717, 1.165) is 28.2 Å². The number of hydrogen-bond acceptors (Lipinski definition) is 7. The summed E-state index contributed by atoms with van der Waals surface area (Å²) in [5.74, 6) is 0. The van der Waals surface area contributed by atoms with Crippen LogP contribution in [0.5, 0.6) is 0 Å². The molecule has 0 radical (unpaired) electrons. The molecule has 0 unspecified atom stereocenters. The van der Waals surface area contributed by atoms with Gasteiger partial charge >= 0.3 is 0 Å². The summed E-state index contributed by atoms with van der Waals surface area (Å²) in [6.07, 6.45) is 1.55. The molecule has 1 aliphatic rings. The van der Waals surface area contributed by atoms with Gasteiger partial charge in [0.05, 0.1) is 26.6 Å². The first-order chi connectivity index (χ1) is 14.8. The molecule has 0 bridgehead atoms. The summed E-state index contributed by atoms with van der Waals surface area (Å²) < 4.78 is 27.3. The van der Waals surface area contributed by atoms with Crippen LogP contribution in [0.1, 0.15) is 11.1 Å². The van der Waals surface area contributed by atoms with Crippen LogP contribution in [-0.2, 0) is 10.0 Å². The number of non-ortho nitro benzene ring substituents is 1. The summed E-state index contributed by atoms with van der Waals surface area (Å²) in [5.41, 5.74) is 2.73. The molecule has 10 heteroatoms. The van der Waals surface area contributed by atoms with E-state index in [0.29, 0.717) is 18.7 Å². The van der Waals surface area contributed by atoms with Crippen LogP contribution >= 0.6 is 0 Å². The van der Waals surface area contributed by atoms with Gasteiger partial charge in [0.25, 0.3) is 5.69 Å². The molecular formula is C21H19N5O4S. The van der Waals surface area contributed by atoms with Crippen molar-refractivity contribution >= 4 is 32.3 Å². The summed E-state index contributed by atoms with van der Waals surface area (Å²) in [6, 6.07) is 13.0. The first kappa shape index (κ1) is 20.7. The number of nitriles is 1. The quantitative estimate of drug-likeness (QED) is 0.454. The zero-order chi connectivity index (χ0) is 22.2. The van der Waals surface area contributed by atoms with Crippen LogP contribution in [0.15, 0.2) is 53.6 Å². The van der Waals surface area contributed by atoms with Crippen LogP contribution in [0.4, 0.5) is 11.4 Å². The van der Waals surface area contributed by atoms with Crippen molar-refractivity contribution in [3.8, 4) is 6.07 Å². The van der Waals surface area contributed by atoms with Gasteiger partial charge in [-0.15, -0.1) is 0 Å². The van der Waals surface area contributed by atoms with E-state index in [9.17, 15) is 23.8 Å². The van der Waals surface area contributed by atoms with Gasteiger partial charge in [-0.2, -0.15) is 9.57 Å². The number of aromatic nitrogens is 1. The molecule has 1 aliphatic heterocycles. The standard InChI is InChI=1S/C21H19N5O4S/c1-15-4-2-7-19-20(15)23-14-16(13-22)21(19)24-8-10-25(11-9-24)31(29,30)18-6-3-5-17(12-18)26(27)28/h2-7,12,14H,8-11H2,1H3. The number of nitro groups is 1. The smallest absolute Gasteiger partial charge is 0.270 e. The number of sulfonamides is 1. The van der Waals surface area contributed by atoms with Gasteiger partial charge in [0.2, 0.25) is 10.0 Å². The third kappa shape index (κ3) is 3.69. The minimum atomic E-state index is -3.86. The highest BCUT2D eigenvalue weighted by atomic mass is 32.2. The van der Waals surface area contributed by atoms with Gasteiger partial charge in [-0.1, -0.05) is 24.3 Å². The van der Waals surface area contributed by atoms with E-state index in [4.69, 9.17) is 0 Å². The predicted molar refractivity (Wildman–Crippen MR) is 115 cm³/mol. The van der Waals surface area contributed by atoms with Crippen molar-refractivity contribution in [3.63, 3.8) is 0 Å². The molecule has 2 heterocycles. The Morgan fingerprint density at radius 1 is 1.13 bits per heavy atom.